The van der Waals surface area contributed by atoms with Gasteiger partial charge < -0.3 is 0 Å². The van der Waals surface area contributed by atoms with E-state index >= 15 is 0 Å². The highest BCUT2D eigenvalue weighted by Crippen LogP contribution is 2.27. The van der Waals surface area contributed by atoms with Crippen molar-refractivity contribution >= 4 is 49.1 Å². The molecule has 1 aromatic heterocycles. The maximum absolute atomic E-state index is 5.73. The van der Waals surface area contributed by atoms with E-state index in [0.717, 1.165) is 14.7 Å². The van der Waals surface area contributed by atoms with Crippen LogP contribution in [-0.2, 0) is 0 Å². The predicted octanol–water partition coefficient (Wildman–Crippen LogP) is 5.76. The van der Waals surface area contributed by atoms with Crippen molar-refractivity contribution in [2.45, 2.75) is 27.7 Å². The lowest BCUT2D eigenvalue weighted by Gasteiger charge is -1.86. The first kappa shape index (κ1) is 14.9. The van der Waals surface area contributed by atoms with Crippen LogP contribution < -0.4 is 0 Å². The van der Waals surface area contributed by atoms with Crippen LogP contribution in [0, 0.1) is 0 Å². The highest BCUT2D eigenvalue weighted by atomic mass is 79.9. The van der Waals surface area contributed by atoms with Gasteiger partial charge in [-0.05, 0) is 18.2 Å². The van der Waals surface area contributed by atoms with Gasteiger partial charge in [0.15, 0.2) is 4.47 Å². The number of thiazole rings is 1. The maximum atomic E-state index is 5.73. The van der Waals surface area contributed by atoms with Gasteiger partial charge in [0.1, 0.15) is 0 Å². The van der Waals surface area contributed by atoms with Crippen LogP contribution in [0.25, 0.3) is 10.2 Å². The van der Waals surface area contributed by atoms with Crippen LogP contribution in [0.4, 0.5) is 0 Å². The lowest BCUT2D eigenvalue weighted by atomic mass is 10.3. The number of benzene rings is 1. The maximum Gasteiger partial charge on any atom is 0.184 e. The molecule has 2 aromatic rings. The zero-order valence-electron chi connectivity index (χ0n) is 9.34. The van der Waals surface area contributed by atoms with Gasteiger partial charge in [-0.2, -0.15) is 0 Å². The van der Waals surface area contributed by atoms with Crippen LogP contribution in [0.2, 0.25) is 4.47 Å². The average molecular weight is 309 g/mol. The average Bonchev–Trinajstić information content (AvgIpc) is 2.63. The van der Waals surface area contributed by atoms with Crippen LogP contribution in [0.1, 0.15) is 27.7 Å². The Balaban J connectivity index is 0.000000442. The lowest BCUT2D eigenvalue weighted by Crippen LogP contribution is -1.66. The molecule has 4 heteroatoms. The van der Waals surface area contributed by atoms with Crippen molar-refractivity contribution < 1.29 is 0 Å². The summed E-state index contributed by atoms with van der Waals surface area (Å²) in [5.74, 6) is 0. The fourth-order valence-corrected chi connectivity index (χ4v) is 2.23. The largest absolute Gasteiger partial charge is 0.225 e. The molecule has 1 heterocycles. The van der Waals surface area contributed by atoms with E-state index in [1.807, 2.05) is 45.9 Å². The molecule has 0 saturated carbocycles. The van der Waals surface area contributed by atoms with E-state index < -0.39 is 0 Å². The molecular weight excluding hydrogens is 294 g/mol. The van der Waals surface area contributed by atoms with Crippen LogP contribution in [0.15, 0.2) is 22.7 Å². The van der Waals surface area contributed by atoms with Gasteiger partial charge in [-0.1, -0.05) is 55.2 Å². The van der Waals surface area contributed by atoms with E-state index in [1.165, 1.54) is 11.3 Å². The summed E-state index contributed by atoms with van der Waals surface area (Å²) < 4.78 is 2.75. The number of rotatable bonds is 0. The number of hydrogen-bond acceptors (Lipinski definition) is 2. The van der Waals surface area contributed by atoms with Crippen LogP contribution in [-0.4, -0.2) is 4.98 Å². The smallest absolute Gasteiger partial charge is 0.184 e. The summed E-state index contributed by atoms with van der Waals surface area (Å²) in [6.45, 7) is 8.00. The second-order valence-electron chi connectivity index (χ2n) is 2.08. The Morgan fingerprint density at radius 2 is 1.80 bits per heavy atom. The number of hydrogen-bond donors (Lipinski definition) is 0. The fourth-order valence-electron chi connectivity index (χ4n) is 0.872. The van der Waals surface area contributed by atoms with E-state index in [-0.39, 0.29) is 0 Å². The Morgan fingerprint density at radius 1 is 1.20 bits per heavy atom. The second-order valence-corrected chi connectivity index (χ2v) is 4.61. The molecule has 0 atom stereocenters. The van der Waals surface area contributed by atoms with E-state index in [0.29, 0.717) is 4.47 Å². The molecule has 0 radical (unpaired) electrons. The number of halogens is 2. The quantitative estimate of drug-likeness (QED) is 0.602. The summed E-state index contributed by atoms with van der Waals surface area (Å²) in [6, 6.07) is 5.94. The summed E-state index contributed by atoms with van der Waals surface area (Å²) in [5, 5.41) is 0. The van der Waals surface area contributed by atoms with Crippen LogP contribution in [0.5, 0.6) is 0 Å². The van der Waals surface area contributed by atoms with Gasteiger partial charge in [-0.25, -0.2) is 4.98 Å². The van der Waals surface area contributed by atoms with Crippen molar-refractivity contribution in [3.05, 3.63) is 27.1 Å². The van der Waals surface area contributed by atoms with Crippen LogP contribution in [0.3, 0.4) is 0 Å². The summed E-state index contributed by atoms with van der Waals surface area (Å²) in [6.07, 6.45) is 0. The molecule has 0 saturated heterocycles. The Hall–Kier alpha value is -0.120. The van der Waals surface area contributed by atoms with Crippen molar-refractivity contribution in [1.82, 2.24) is 4.98 Å². The van der Waals surface area contributed by atoms with E-state index in [9.17, 15) is 0 Å². The fraction of sp³-hybridized carbons (Fsp3) is 0.364. The molecule has 0 aliphatic rings. The van der Waals surface area contributed by atoms with Crippen molar-refractivity contribution in [1.29, 1.82) is 0 Å². The molecule has 0 bridgehead atoms. The molecule has 1 aromatic carbocycles. The zero-order chi connectivity index (χ0) is 11.8. The first-order valence-corrected chi connectivity index (χ1v) is 6.96. The molecule has 2 rings (SSSR count). The second kappa shape index (κ2) is 8.08. The third kappa shape index (κ3) is 4.49. The van der Waals surface area contributed by atoms with E-state index in [4.69, 9.17) is 11.6 Å². The number of nitrogens with zero attached hydrogens (tertiary/aromatic N) is 1. The van der Waals surface area contributed by atoms with E-state index in [2.05, 4.69) is 20.9 Å². The number of fused-ring (bicyclic) bond motifs is 1. The van der Waals surface area contributed by atoms with Crippen molar-refractivity contribution in [3.63, 3.8) is 0 Å². The molecule has 0 spiro atoms. The van der Waals surface area contributed by atoms with Crippen molar-refractivity contribution in [2.75, 3.05) is 0 Å². The highest BCUT2D eigenvalue weighted by molar-refractivity contribution is 9.10. The minimum atomic E-state index is 0.595. The Kier molecular flexibility index (Phi) is 8.02. The molecule has 84 valence electrons. The molecule has 0 N–H and O–H groups in total. The van der Waals surface area contributed by atoms with Crippen LogP contribution >= 0.6 is 38.9 Å². The third-order valence-corrected chi connectivity index (χ3v) is 2.96. The topological polar surface area (TPSA) is 12.9 Å². The van der Waals surface area contributed by atoms with Crippen molar-refractivity contribution in [2.24, 2.45) is 0 Å². The van der Waals surface area contributed by atoms with Gasteiger partial charge in [0.2, 0.25) is 0 Å². The minimum Gasteiger partial charge on any atom is -0.225 e. The summed E-state index contributed by atoms with van der Waals surface area (Å²) in [7, 11) is 0. The normalized spacial score (nSPS) is 8.67. The first-order chi connectivity index (χ1) is 7.25. The lowest BCUT2D eigenvalue weighted by molar-refractivity contribution is 1.49. The Bertz CT molecular complexity index is 400. The molecule has 0 amide bonds. The highest BCUT2D eigenvalue weighted by Gasteiger charge is 2.00. The van der Waals surface area contributed by atoms with Crippen molar-refractivity contribution in [3.8, 4) is 0 Å². The molecule has 0 fully saturated rings. The molecule has 0 aliphatic carbocycles. The molecule has 0 unspecified atom stereocenters. The summed E-state index contributed by atoms with van der Waals surface area (Å²) in [4.78, 5) is 4.13. The zero-order valence-corrected chi connectivity index (χ0v) is 12.5. The van der Waals surface area contributed by atoms with Gasteiger partial charge in [-0.15, -0.1) is 11.3 Å². The van der Waals surface area contributed by atoms with E-state index in [1.54, 1.807) is 0 Å². The van der Waals surface area contributed by atoms with Gasteiger partial charge in [0.25, 0.3) is 0 Å². The SMILES string of the molecule is CC.CC.Clc1nc2cc(Br)ccc2s1. The third-order valence-electron chi connectivity index (χ3n) is 1.32. The molecule has 1 nitrogen and oxygen atoms in total. The monoisotopic (exact) mass is 307 g/mol. The predicted molar refractivity (Wildman–Crippen MR) is 75.0 cm³/mol. The molecular formula is C11H15BrClNS. The van der Waals surface area contributed by atoms with Gasteiger partial charge >= 0.3 is 0 Å². The van der Waals surface area contributed by atoms with Gasteiger partial charge in [0.05, 0.1) is 10.2 Å². The number of aromatic nitrogens is 1. The standard InChI is InChI=1S/C7H3BrClNS.2C2H6/c8-4-1-2-6-5(3-4)10-7(9)11-6;2*1-2/h1-3H;2*1-2H3. The Morgan fingerprint density at radius 3 is 2.40 bits per heavy atom. The first-order valence-electron chi connectivity index (χ1n) is 4.97. The molecule has 15 heavy (non-hydrogen) atoms. The van der Waals surface area contributed by atoms with Gasteiger partial charge in [0, 0.05) is 4.47 Å². The Labute approximate surface area is 109 Å². The van der Waals surface area contributed by atoms with Gasteiger partial charge in [-0.3, -0.25) is 0 Å². The summed E-state index contributed by atoms with van der Waals surface area (Å²) in [5.41, 5.74) is 0.953. The minimum absolute atomic E-state index is 0.595. The molecule has 0 aliphatic heterocycles. The summed E-state index contributed by atoms with van der Waals surface area (Å²) >= 11 is 10.6.